The molecule has 1 aliphatic rings. The Hall–Kier alpha value is -1.77. The average molecular weight is 295 g/mol. The number of nitriles is 1. The van der Waals surface area contributed by atoms with Gasteiger partial charge in [-0.25, -0.2) is 4.79 Å². The van der Waals surface area contributed by atoms with Crippen molar-refractivity contribution in [3.63, 3.8) is 0 Å². The van der Waals surface area contributed by atoms with E-state index in [0.29, 0.717) is 19.6 Å². The lowest BCUT2D eigenvalue weighted by atomic mass is 9.74. The number of carboxylic acid groups (broad SMARTS) is 1. The Bertz CT molecular complexity index is 442. The number of aliphatic carboxylic acids is 1. The Labute approximate surface area is 126 Å². The van der Waals surface area contributed by atoms with Crippen molar-refractivity contribution in [1.82, 2.24) is 9.80 Å². The monoisotopic (exact) mass is 295 g/mol. The molecule has 6 heteroatoms. The van der Waals surface area contributed by atoms with Crippen LogP contribution in [-0.4, -0.2) is 53.6 Å². The zero-order chi connectivity index (χ0) is 16.2. The van der Waals surface area contributed by atoms with Gasteiger partial charge < -0.3 is 14.9 Å². The van der Waals surface area contributed by atoms with Crippen LogP contribution in [0, 0.1) is 28.6 Å². The maximum absolute atomic E-state index is 12.4. The SMILES string of the molecule is CC(C#N)CN(C)C(=O)N1CCCC(C(C)(C)C(=O)O)C1. The second-order valence-electron chi connectivity index (χ2n) is 6.51. The normalized spacial score (nSPS) is 20.5. The number of likely N-dealkylation sites (tertiary alicyclic amines) is 1. The molecule has 0 aromatic heterocycles. The Morgan fingerprint density at radius 3 is 2.67 bits per heavy atom. The van der Waals surface area contributed by atoms with Crippen molar-refractivity contribution >= 4 is 12.0 Å². The molecule has 2 amide bonds. The van der Waals surface area contributed by atoms with Gasteiger partial charge in [-0.1, -0.05) is 0 Å². The number of carbonyl (C=O) groups is 2. The number of nitrogens with zero attached hydrogens (tertiary/aromatic N) is 3. The van der Waals surface area contributed by atoms with Crippen molar-refractivity contribution in [2.24, 2.45) is 17.3 Å². The lowest BCUT2D eigenvalue weighted by Crippen LogP contribution is -2.50. The maximum atomic E-state index is 12.4. The van der Waals surface area contributed by atoms with Gasteiger partial charge in [-0.15, -0.1) is 0 Å². The third-order valence-corrected chi connectivity index (χ3v) is 4.36. The summed E-state index contributed by atoms with van der Waals surface area (Å²) in [4.78, 5) is 27.0. The van der Waals surface area contributed by atoms with Crippen LogP contribution in [0.4, 0.5) is 4.79 Å². The molecule has 1 rings (SSSR count). The third-order valence-electron chi connectivity index (χ3n) is 4.36. The van der Waals surface area contributed by atoms with Crippen molar-refractivity contribution in [3.05, 3.63) is 0 Å². The molecule has 2 atom stereocenters. The molecule has 118 valence electrons. The van der Waals surface area contributed by atoms with E-state index in [0.717, 1.165) is 12.8 Å². The van der Waals surface area contributed by atoms with Crippen molar-refractivity contribution in [2.45, 2.75) is 33.6 Å². The summed E-state index contributed by atoms with van der Waals surface area (Å²) in [7, 11) is 1.68. The van der Waals surface area contributed by atoms with E-state index in [2.05, 4.69) is 6.07 Å². The van der Waals surface area contributed by atoms with Gasteiger partial charge in [-0.05, 0) is 39.5 Å². The molecule has 0 aromatic rings. The summed E-state index contributed by atoms with van der Waals surface area (Å²) in [5.41, 5.74) is -0.836. The van der Waals surface area contributed by atoms with Crippen LogP contribution < -0.4 is 0 Å². The van der Waals surface area contributed by atoms with Gasteiger partial charge in [0.15, 0.2) is 0 Å². The Morgan fingerprint density at radius 1 is 1.52 bits per heavy atom. The number of hydrogen-bond acceptors (Lipinski definition) is 3. The molecule has 0 aromatic carbocycles. The van der Waals surface area contributed by atoms with Gasteiger partial charge in [-0.3, -0.25) is 4.79 Å². The molecule has 1 aliphatic heterocycles. The summed E-state index contributed by atoms with van der Waals surface area (Å²) in [6.45, 7) is 6.71. The molecular weight excluding hydrogens is 270 g/mol. The summed E-state index contributed by atoms with van der Waals surface area (Å²) < 4.78 is 0. The predicted octanol–water partition coefficient (Wildman–Crippen LogP) is 2.02. The minimum atomic E-state index is -0.836. The zero-order valence-corrected chi connectivity index (χ0v) is 13.3. The number of piperidine rings is 1. The molecule has 1 heterocycles. The van der Waals surface area contributed by atoms with Crippen LogP contribution in [0.2, 0.25) is 0 Å². The van der Waals surface area contributed by atoms with Gasteiger partial charge in [-0.2, -0.15) is 5.26 Å². The first-order chi connectivity index (χ1) is 9.70. The van der Waals surface area contributed by atoms with Gasteiger partial charge in [0.1, 0.15) is 0 Å². The van der Waals surface area contributed by atoms with E-state index in [-0.39, 0.29) is 17.9 Å². The number of rotatable bonds is 4. The van der Waals surface area contributed by atoms with E-state index in [9.17, 15) is 14.7 Å². The summed E-state index contributed by atoms with van der Waals surface area (Å²) in [6.07, 6.45) is 1.64. The molecule has 0 spiro atoms. The molecule has 0 radical (unpaired) electrons. The largest absolute Gasteiger partial charge is 0.481 e. The van der Waals surface area contributed by atoms with Crippen LogP contribution in [0.3, 0.4) is 0 Å². The number of carbonyl (C=O) groups excluding carboxylic acids is 1. The van der Waals surface area contributed by atoms with Crippen LogP contribution in [0.25, 0.3) is 0 Å². The Balaban J connectivity index is 2.70. The highest BCUT2D eigenvalue weighted by Gasteiger charge is 2.40. The average Bonchev–Trinajstić information content (AvgIpc) is 2.46. The highest BCUT2D eigenvalue weighted by atomic mass is 16.4. The summed E-state index contributed by atoms with van der Waals surface area (Å²) in [6, 6.07) is 1.99. The lowest BCUT2D eigenvalue weighted by molar-refractivity contribution is -0.151. The van der Waals surface area contributed by atoms with Gasteiger partial charge in [0.05, 0.1) is 17.4 Å². The van der Waals surface area contributed by atoms with Crippen molar-refractivity contribution < 1.29 is 14.7 Å². The van der Waals surface area contributed by atoms with E-state index in [1.165, 1.54) is 0 Å². The highest BCUT2D eigenvalue weighted by Crippen LogP contribution is 2.34. The van der Waals surface area contributed by atoms with Crippen LogP contribution in [0.1, 0.15) is 33.6 Å². The van der Waals surface area contributed by atoms with Crippen LogP contribution in [0.5, 0.6) is 0 Å². The molecule has 6 nitrogen and oxygen atoms in total. The summed E-state index contributed by atoms with van der Waals surface area (Å²) >= 11 is 0. The number of urea groups is 1. The summed E-state index contributed by atoms with van der Waals surface area (Å²) in [5, 5.41) is 18.1. The standard InChI is InChI=1S/C15H25N3O3/c1-11(8-16)9-17(4)14(21)18-7-5-6-12(10-18)15(2,3)13(19)20/h11-12H,5-7,9-10H2,1-4H3,(H,19,20). The third kappa shape index (κ3) is 4.10. The van der Waals surface area contributed by atoms with Crippen LogP contribution in [0.15, 0.2) is 0 Å². The molecule has 0 bridgehead atoms. The number of hydrogen-bond donors (Lipinski definition) is 1. The first-order valence-electron chi connectivity index (χ1n) is 7.33. The van der Waals surface area contributed by atoms with Crippen molar-refractivity contribution in [2.75, 3.05) is 26.7 Å². The summed E-state index contributed by atoms with van der Waals surface area (Å²) in [5.74, 6) is -1.09. The molecule has 0 saturated carbocycles. The quantitative estimate of drug-likeness (QED) is 0.860. The second kappa shape index (κ2) is 6.79. The van der Waals surface area contributed by atoms with Gasteiger partial charge >= 0.3 is 12.0 Å². The van der Waals surface area contributed by atoms with E-state index in [4.69, 9.17) is 5.26 Å². The van der Waals surface area contributed by atoms with Gasteiger partial charge in [0.25, 0.3) is 0 Å². The minimum absolute atomic E-state index is 0.0468. The fourth-order valence-electron chi connectivity index (χ4n) is 2.69. The first kappa shape index (κ1) is 17.3. The zero-order valence-electron chi connectivity index (χ0n) is 13.3. The molecule has 1 saturated heterocycles. The fraction of sp³-hybridized carbons (Fsp3) is 0.800. The van der Waals surface area contributed by atoms with E-state index < -0.39 is 11.4 Å². The highest BCUT2D eigenvalue weighted by molar-refractivity contribution is 5.76. The van der Waals surface area contributed by atoms with E-state index >= 15 is 0 Å². The van der Waals surface area contributed by atoms with Gasteiger partial charge in [0, 0.05) is 26.7 Å². The Morgan fingerprint density at radius 2 is 2.14 bits per heavy atom. The Kier molecular flexibility index (Phi) is 5.59. The van der Waals surface area contributed by atoms with Crippen molar-refractivity contribution in [3.8, 4) is 6.07 Å². The topological polar surface area (TPSA) is 84.6 Å². The fourth-order valence-corrected chi connectivity index (χ4v) is 2.69. The van der Waals surface area contributed by atoms with Gasteiger partial charge in [0.2, 0.25) is 0 Å². The molecule has 1 N–H and O–H groups in total. The smallest absolute Gasteiger partial charge is 0.319 e. The van der Waals surface area contributed by atoms with Crippen LogP contribution >= 0.6 is 0 Å². The molecule has 21 heavy (non-hydrogen) atoms. The molecular formula is C15H25N3O3. The molecule has 0 aliphatic carbocycles. The molecule has 2 unspecified atom stereocenters. The maximum Gasteiger partial charge on any atom is 0.319 e. The first-order valence-corrected chi connectivity index (χ1v) is 7.33. The predicted molar refractivity (Wildman–Crippen MR) is 78.5 cm³/mol. The number of carboxylic acids is 1. The van der Waals surface area contributed by atoms with E-state index in [1.54, 1.807) is 37.6 Å². The number of amides is 2. The second-order valence-corrected chi connectivity index (χ2v) is 6.51. The minimum Gasteiger partial charge on any atom is -0.481 e. The lowest BCUT2D eigenvalue weighted by Gasteiger charge is -2.40. The van der Waals surface area contributed by atoms with Crippen LogP contribution in [-0.2, 0) is 4.79 Å². The van der Waals surface area contributed by atoms with Crippen molar-refractivity contribution in [1.29, 1.82) is 5.26 Å². The van der Waals surface area contributed by atoms with E-state index in [1.807, 2.05) is 0 Å². The molecule has 1 fully saturated rings.